The molecule has 2 rings (SSSR count). The van der Waals surface area contributed by atoms with Gasteiger partial charge in [0.15, 0.2) is 0 Å². The van der Waals surface area contributed by atoms with Gasteiger partial charge in [0, 0.05) is 25.1 Å². The van der Waals surface area contributed by atoms with E-state index in [9.17, 15) is 0 Å². The minimum atomic E-state index is 0. The van der Waals surface area contributed by atoms with E-state index in [0.29, 0.717) is 0 Å². The van der Waals surface area contributed by atoms with E-state index in [4.69, 9.17) is 0 Å². The summed E-state index contributed by atoms with van der Waals surface area (Å²) in [6, 6.07) is 10.0. The molecule has 1 aliphatic rings. The Bertz CT molecular complexity index is 390. The topological polar surface area (TPSA) is 15.6 Å². The van der Waals surface area contributed by atoms with Crippen LogP contribution in [-0.4, -0.2) is 30.0 Å². The van der Waals surface area contributed by atoms with E-state index in [0.717, 1.165) is 18.8 Å². The number of thioether (sulfide) groups is 1. The number of nitrogens with zero attached hydrogens (tertiary/aromatic N) is 2. The molecule has 4 heteroatoms. The molecule has 1 fully saturated rings. The van der Waals surface area contributed by atoms with Crippen LogP contribution in [0.1, 0.15) is 6.92 Å². The molecule has 1 saturated heterocycles. The van der Waals surface area contributed by atoms with Crippen LogP contribution < -0.4 is 0 Å². The highest BCUT2D eigenvalue weighted by molar-refractivity contribution is 14.0. The Balaban J connectivity index is 0.00000144. The smallest absolute Gasteiger partial charge is 0.0723 e. The van der Waals surface area contributed by atoms with Gasteiger partial charge in [-0.25, -0.2) is 0 Å². The summed E-state index contributed by atoms with van der Waals surface area (Å²) in [5.41, 5.74) is 1.00. The van der Waals surface area contributed by atoms with Crippen molar-refractivity contribution in [3.8, 4) is 0 Å². The second-order valence-corrected chi connectivity index (χ2v) is 4.66. The van der Waals surface area contributed by atoms with Crippen molar-refractivity contribution in [2.24, 2.45) is 4.99 Å². The van der Waals surface area contributed by atoms with Crippen molar-refractivity contribution in [3.63, 3.8) is 0 Å². The molecule has 2 nitrogen and oxygen atoms in total. The Morgan fingerprint density at radius 3 is 2.82 bits per heavy atom. The molecule has 1 aromatic carbocycles. The minimum absolute atomic E-state index is 0. The normalized spacial score (nSPS) is 17.7. The van der Waals surface area contributed by atoms with Gasteiger partial charge in [-0.2, -0.15) is 0 Å². The predicted octanol–water partition coefficient (Wildman–Crippen LogP) is 3.92. The first-order valence-corrected chi connectivity index (χ1v) is 6.56. The molecule has 1 aliphatic heterocycles. The number of allylic oxidation sites excluding steroid dienone is 1. The lowest BCUT2D eigenvalue weighted by atomic mass is 10.3. The van der Waals surface area contributed by atoms with Gasteiger partial charge in [-0.1, -0.05) is 18.2 Å². The van der Waals surface area contributed by atoms with Crippen LogP contribution in [0.25, 0.3) is 0 Å². The third kappa shape index (κ3) is 4.35. The van der Waals surface area contributed by atoms with Gasteiger partial charge in [0.1, 0.15) is 0 Å². The largest absolute Gasteiger partial charge is 0.366 e. The Morgan fingerprint density at radius 2 is 2.12 bits per heavy atom. The second-order valence-electron chi connectivity index (χ2n) is 3.55. The molecule has 0 atom stereocenters. The first-order chi connectivity index (χ1) is 7.90. The molecule has 0 aliphatic carbocycles. The average molecular weight is 360 g/mol. The summed E-state index contributed by atoms with van der Waals surface area (Å²) in [5, 5.41) is 1.34. The summed E-state index contributed by atoms with van der Waals surface area (Å²) >= 11 is 1.91. The van der Waals surface area contributed by atoms with E-state index in [2.05, 4.69) is 22.9 Å². The zero-order valence-corrected chi connectivity index (χ0v) is 13.0. The summed E-state index contributed by atoms with van der Waals surface area (Å²) in [7, 11) is 0. The summed E-state index contributed by atoms with van der Waals surface area (Å²) in [5.74, 6) is 1.19. The van der Waals surface area contributed by atoms with Crippen LogP contribution in [0.4, 0.5) is 5.69 Å². The molecule has 0 bridgehead atoms. The van der Waals surface area contributed by atoms with E-state index in [1.807, 2.05) is 48.3 Å². The highest BCUT2D eigenvalue weighted by Gasteiger charge is 2.14. The van der Waals surface area contributed by atoms with E-state index in [1.165, 1.54) is 10.8 Å². The summed E-state index contributed by atoms with van der Waals surface area (Å²) in [6.45, 7) is 4.43. The number of rotatable bonds is 3. The molecular formula is C13H17IN2S. The Hall–Kier alpha value is -0.490. The minimum Gasteiger partial charge on any atom is -0.366 e. The van der Waals surface area contributed by atoms with Crippen molar-refractivity contribution >= 4 is 47.6 Å². The first kappa shape index (κ1) is 14.6. The fourth-order valence-electron chi connectivity index (χ4n) is 1.63. The van der Waals surface area contributed by atoms with Gasteiger partial charge in [-0.3, -0.25) is 4.99 Å². The van der Waals surface area contributed by atoms with Crippen molar-refractivity contribution in [2.45, 2.75) is 6.92 Å². The lowest BCUT2D eigenvalue weighted by Gasteiger charge is -2.14. The van der Waals surface area contributed by atoms with Crippen molar-refractivity contribution < 1.29 is 0 Å². The summed E-state index contributed by atoms with van der Waals surface area (Å²) in [6.07, 6.45) is 4.00. The summed E-state index contributed by atoms with van der Waals surface area (Å²) in [4.78, 5) is 6.77. The monoisotopic (exact) mass is 360 g/mol. The zero-order chi connectivity index (χ0) is 11.2. The molecule has 0 spiro atoms. The maximum absolute atomic E-state index is 4.40. The molecule has 0 N–H and O–H groups in total. The molecule has 0 aromatic heterocycles. The Kier molecular flexibility index (Phi) is 6.65. The first-order valence-electron chi connectivity index (χ1n) is 5.57. The van der Waals surface area contributed by atoms with Crippen LogP contribution in [0.15, 0.2) is 46.4 Å². The molecule has 0 amide bonds. The number of hydrogen-bond acceptors (Lipinski definition) is 3. The van der Waals surface area contributed by atoms with Gasteiger partial charge in [-0.05, 0) is 25.1 Å². The highest BCUT2D eigenvalue weighted by Crippen LogP contribution is 2.26. The van der Waals surface area contributed by atoms with Gasteiger partial charge in [0.2, 0.25) is 0 Å². The number of hydrogen-bond donors (Lipinski definition) is 0. The highest BCUT2D eigenvalue weighted by atomic mass is 127. The van der Waals surface area contributed by atoms with Gasteiger partial charge < -0.3 is 4.90 Å². The van der Waals surface area contributed by atoms with Gasteiger partial charge in [0.25, 0.3) is 0 Å². The number of aliphatic imine (C=N–C) groups is 1. The van der Waals surface area contributed by atoms with Crippen LogP contribution >= 0.6 is 35.7 Å². The van der Waals surface area contributed by atoms with E-state index >= 15 is 0 Å². The Labute approximate surface area is 124 Å². The van der Waals surface area contributed by atoms with E-state index in [1.54, 1.807) is 0 Å². The SMILES string of the molecule is CCN1CCS/C1=C\C=Nc1ccccc1.I. The average Bonchev–Trinajstić information content (AvgIpc) is 2.78. The molecule has 1 heterocycles. The Morgan fingerprint density at radius 1 is 1.35 bits per heavy atom. The maximum atomic E-state index is 4.40. The molecule has 1 aromatic rings. The lowest BCUT2D eigenvalue weighted by Crippen LogP contribution is -2.17. The van der Waals surface area contributed by atoms with Crippen LogP contribution in [0.5, 0.6) is 0 Å². The van der Waals surface area contributed by atoms with Crippen molar-refractivity contribution in [1.82, 2.24) is 4.90 Å². The van der Waals surface area contributed by atoms with Crippen LogP contribution in [-0.2, 0) is 0 Å². The molecular weight excluding hydrogens is 343 g/mol. The molecule has 0 unspecified atom stereocenters. The third-order valence-electron chi connectivity index (χ3n) is 2.50. The third-order valence-corrected chi connectivity index (χ3v) is 3.58. The zero-order valence-electron chi connectivity index (χ0n) is 9.87. The quantitative estimate of drug-likeness (QED) is 0.600. The fourth-order valence-corrected chi connectivity index (χ4v) is 2.71. The van der Waals surface area contributed by atoms with E-state index in [-0.39, 0.29) is 24.0 Å². The summed E-state index contributed by atoms with van der Waals surface area (Å²) < 4.78 is 0. The number of halogens is 1. The van der Waals surface area contributed by atoms with Gasteiger partial charge in [0.05, 0.1) is 10.7 Å². The second kappa shape index (κ2) is 7.76. The van der Waals surface area contributed by atoms with Crippen LogP contribution in [0.3, 0.4) is 0 Å². The molecule has 0 saturated carbocycles. The van der Waals surface area contributed by atoms with Gasteiger partial charge >= 0.3 is 0 Å². The molecule has 17 heavy (non-hydrogen) atoms. The predicted molar refractivity (Wildman–Crippen MR) is 87.8 cm³/mol. The lowest BCUT2D eigenvalue weighted by molar-refractivity contribution is 0.426. The standard InChI is InChI=1S/C13H16N2S.HI/c1-2-15-10-11-16-13(15)8-9-14-12-6-4-3-5-7-12;/h3-9H,2,10-11H2,1H3;1H/b13-8-,14-9?;. The number of benzene rings is 1. The number of para-hydroxylation sites is 1. The van der Waals surface area contributed by atoms with Crippen molar-refractivity contribution in [3.05, 3.63) is 41.4 Å². The molecule has 0 radical (unpaired) electrons. The van der Waals surface area contributed by atoms with Crippen LogP contribution in [0.2, 0.25) is 0 Å². The maximum Gasteiger partial charge on any atom is 0.0723 e. The van der Waals surface area contributed by atoms with Crippen molar-refractivity contribution in [2.75, 3.05) is 18.8 Å². The molecule has 92 valence electrons. The van der Waals surface area contributed by atoms with Crippen LogP contribution in [0, 0.1) is 0 Å². The fraction of sp³-hybridized carbons (Fsp3) is 0.308. The van der Waals surface area contributed by atoms with Crippen molar-refractivity contribution in [1.29, 1.82) is 0 Å². The van der Waals surface area contributed by atoms with E-state index < -0.39 is 0 Å². The van der Waals surface area contributed by atoms with Gasteiger partial charge in [-0.15, -0.1) is 35.7 Å².